The second kappa shape index (κ2) is 13.6. The molecule has 0 aliphatic rings. The quantitative estimate of drug-likeness (QED) is 0.204. The number of phenolic OH excluding ortho intramolecular Hbond substituents is 1. The molecule has 0 heterocycles. The Labute approximate surface area is 235 Å². The molecular weight excluding hydrogens is 528 g/mol. The predicted octanol–water partition coefficient (Wildman–Crippen LogP) is 5.08. The van der Waals surface area contributed by atoms with Crippen LogP contribution in [0.4, 0.5) is 0 Å². The first-order chi connectivity index (χ1) is 19.3. The number of rotatable bonds is 14. The topological polar surface area (TPSA) is 111 Å². The number of nitrogens with zero attached hydrogens (tertiary/aromatic N) is 1. The molecule has 0 aliphatic carbocycles. The highest BCUT2D eigenvalue weighted by Gasteiger charge is 2.15. The van der Waals surface area contributed by atoms with Crippen LogP contribution in [0.5, 0.6) is 23.0 Å². The Morgan fingerprint density at radius 2 is 1.55 bits per heavy atom. The number of likely N-dealkylation sites (N-methyl/N-ethyl adjacent to an activating group) is 1. The van der Waals surface area contributed by atoms with Crippen LogP contribution >= 0.6 is 0 Å². The van der Waals surface area contributed by atoms with Gasteiger partial charge in [0, 0.05) is 36.8 Å². The number of fused-ring (bicyclic) bond motifs is 1. The summed E-state index contributed by atoms with van der Waals surface area (Å²) in [6.07, 6.45) is 1.19. The number of hydrogen-bond acceptors (Lipinski definition) is 8. The molecule has 0 aromatic heterocycles. The standard InChI is InChI=1S/C31H36N2O6S/c1-3-33(17-20-37-19-16-32)18-21-38-26-8-10-27(11-9-26)39-31-29(14-6-24-22-25(34)7-15-30(24)31)23-4-12-28(13-5-23)40(2,35)36/h4-15,22,34H,3,16-21,32H2,1-2H3. The van der Waals surface area contributed by atoms with E-state index < -0.39 is 9.84 Å². The van der Waals surface area contributed by atoms with Gasteiger partial charge in [0.15, 0.2) is 9.84 Å². The van der Waals surface area contributed by atoms with Crippen molar-refractivity contribution < 1.29 is 27.7 Å². The van der Waals surface area contributed by atoms with Gasteiger partial charge in [-0.05, 0) is 78.2 Å². The highest BCUT2D eigenvalue weighted by molar-refractivity contribution is 7.90. The van der Waals surface area contributed by atoms with Crippen LogP contribution in [-0.2, 0) is 14.6 Å². The maximum atomic E-state index is 11.9. The molecule has 0 saturated heterocycles. The summed E-state index contributed by atoms with van der Waals surface area (Å²) >= 11 is 0. The molecule has 4 aromatic carbocycles. The molecule has 0 amide bonds. The predicted molar refractivity (Wildman–Crippen MR) is 158 cm³/mol. The monoisotopic (exact) mass is 564 g/mol. The minimum Gasteiger partial charge on any atom is -0.508 e. The third kappa shape index (κ3) is 7.73. The molecule has 0 fully saturated rings. The maximum Gasteiger partial charge on any atom is 0.175 e. The summed E-state index contributed by atoms with van der Waals surface area (Å²) in [5, 5.41) is 11.6. The van der Waals surface area contributed by atoms with Gasteiger partial charge in [0.1, 0.15) is 29.6 Å². The van der Waals surface area contributed by atoms with E-state index in [1.54, 1.807) is 36.4 Å². The Bertz CT molecular complexity index is 1510. The van der Waals surface area contributed by atoms with Crippen molar-refractivity contribution in [3.05, 3.63) is 78.9 Å². The van der Waals surface area contributed by atoms with E-state index >= 15 is 0 Å². The molecule has 0 spiro atoms. The van der Waals surface area contributed by atoms with Gasteiger partial charge >= 0.3 is 0 Å². The van der Waals surface area contributed by atoms with Gasteiger partial charge in [0.25, 0.3) is 0 Å². The second-order valence-corrected chi connectivity index (χ2v) is 11.4. The normalized spacial score (nSPS) is 11.7. The summed E-state index contributed by atoms with van der Waals surface area (Å²) in [7, 11) is -3.31. The van der Waals surface area contributed by atoms with Crippen molar-refractivity contribution in [1.82, 2.24) is 4.90 Å². The van der Waals surface area contributed by atoms with Crippen LogP contribution in [0.25, 0.3) is 21.9 Å². The summed E-state index contributed by atoms with van der Waals surface area (Å²) in [5.41, 5.74) is 7.07. The minimum atomic E-state index is -3.31. The first-order valence-electron chi connectivity index (χ1n) is 13.3. The Hall–Kier alpha value is -3.63. The molecular formula is C31H36N2O6S. The van der Waals surface area contributed by atoms with Gasteiger partial charge in [-0.3, -0.25) is 4.90 Å². The van der Waals surface area contributed by atoms with E-state index in [1.807, 2.05) is 42.5 Å². The van der Waals surface area contributed by atoms with Crippen molar-refractivity contribution in [3.8, 4) is 34.1 Å². The van der Waals surface area contributed by atoms with Crippen molar-refractivity contribution in [3.63, 3.8) is 0 Å². The van der Waals surface area contributed by atoms with Crippen molar-refractivity contribution in [2.24, 2.45) is 5.73 Å². The van der Waals surface area contributed by atoms with Crippen LogP contribution < -0.4 is 15.2 Å². The SMILES string of the molecule is CCN(CCOCCN)CCOc1ccc(Oc2c(-c3ccc(S(C)(=O)=O)cc3)ccc3cc(O)ccc23)cc1. The average molecular weight is 565 g/mol. The van der Waals surface area contributed by atoms with Crippen molar-refractivity contribution in [2.75, 3.05) is 52.3 Å². The molecule has 0 unspecified atom stereocenters. The summed E-state index contributed by atoms with van der Waals surface area (Å²) in [5.74, 6) is 2.13. The Balaban J connectivity index is 1.50. The van der Waals surface area contributed by atoms with E-state index in [9.17, 15) is 13.5 Å². The smallest absolute Gasteiger partial charge is 0.175 e. The summed E-state index contributed by atoms with van der Waals surface area (Å²) in [6.45, 7) is 6.92. The Morgan fingerprint density at radius 1 is 0.850 bits per heavy atom. The third-order valence-corrected chi connectivity index (χ3v) is 7.66. The molecule has 212 valence electrons. The summed E-state index contributed by atoms with van der Waals surface area (Å²) in [4.78, 5) is 2.51. The maximum absolute atomic E-state index is 11.9. The summed E-state index contributed by atoms with van der Waals surface area (Å²) < 4.78 is 41.7. The van der Waals surface area contributed by atoms with Gasteiger partial charge in [-0.2, -0.15) is 0 Å². The first-order valence-corrected chi connectivity index (χ1v) is 15.1. The minimum absolute atomic E-state index is 0.162. The van der Waals surface area contributed by atoms with Crippen LogP contribution in [0.15, 0.2) is 83.8 Å². The van der Waals surface area contributed by atoms with Gasteiger partial charge < -0.3 is 25.1 Å². The highest BCUT2D eigenvalue weighted by Crippen LogP contribution is 2.41. The molecule has 0 bridgehead atoms. The lowest BCUT2D eigenvalue weighted by Gasteiger charge is -2.20. The molecule has 0 radical (unpaired) electrons. The number of ether oxygens (including phenoxy) is 3. The lowest BCUT2D eigenvalue weighted by molar-refractivity contribution is 0.104. The lowest BCUT2D eigenvalue weighted by Crippen LogP contribution is -2.32. The van der Waals surface area contributed by atoms with Gasteiger partial charge in [-0.15, -0.1) is 0 Å². The molecule has 0 aliphatic heterocycles. The molecule has 40 heavy (non-hydrogen) atoms. The molecule has 4 rings (SSSR count). The van der Waals surface area contributed by atoms with Gasteiger partial charge in [0.05, 0.1) is 18.1 Å². The van der Waals surface area contributed by atoms with Crippen LogP contribution in [0.3, 0.4) is 0 Å². The number of hydrogen-bond donors (Lipinski definition) is 2. The van der Waals surface area contributed by atoms with E-state index in [2.05, 4.69) is 11.8 Å². The molecule has 4 aromatic rings. The fourth-order valence-corrected chi connectivity index (χ4v) is 4.96. The molecule has 8 nitrogen and oxygen atoms in total. The van der Waals surface area contributed by atoms with Gasteiger partial charge in [0.2, 0.25) is 0 Å². The molecule has 0 atom stereocenters. The van der Waals surface area contributed by atoms with E-state index in [-0.39, 0.29) is 10.6 Å². The van der Waals surface area contributed by atoms with E-state index in [0.717, 1.165) is 47.3 Å². The molecule has 9 heteroatoms. The van der Waals surface area contributed by atoms with Crippen molar-refractivity contribution in [2.45, 2.75) is 11.8 Å². The fourth-order valence-electron chi connectivity index (χ4n) is 4.33. The number of sulfone groups is 1. The van der Waals surface area contributed by atoms with E-state index in [0.29, 0.717) is 37.9 Å². The first kappa shape index (κ1) is 29.4. The summed E-state index contributed by atoms with van der Waals surface area (Å²) in [6, 6.07) is 23.1. The Kier molecular flexibility index (Phi) is 10.0. The van der Waals surface area contributed by atoms with Crippen LogP contribution in [0, 0.1) is 0 Å². The lowest BCUT2D eigenvalue weighted by atomic mass is 9.99. The van der Waals surface area contributed by atoms with E-state index in [4.69, 9.17) is 19.9 Å². The van der Waals surface area contributed by atoms with Crippen molar-refractivity contribution in [1.29, 1.82) is 0 Å². The van der Waals surface area contributed by atoms with E-state index in [1.165, 1.54) is 6.26 Å². The zero-order valence-corrected chi connectivity index (χ0v) is 23.7. The zero-order chi connectivity index (χ0) is 28.5. The zero-order valence-electron chi connectivity index (χ0n) is 22.9. The molecule has 3 N–H and O–H groups in total. The van der Waals surface area contributed by atoms with Crippen molar-refractivity contribution >= 4 is 20.6 Å². The van der Waals surface area contributed by atoms with Crippen LogP contribution in [0.1, 0.15) is 6.92 Å². The number of phenols is 1. The number of aromatic hydroxyl groups is 1. The molecule has 0 saturated carbocycles. The van der Waals surface area contributed by atoms with Gasteiger partial charge in [-0.25, -0.2) is 8.42 Å². The third-order valence-electron chi connectivity index (χ3n) is 6.53. The average Bonchev–Trinajstić information content (AvgIpc) is 2.95. The largest absolute Gasteiger partial charge is 0.508 e. The highest BCUT2D eigenvalue weighted by atomic mass is 32.2. The number of benzene rings is 4. The van der Waals surface area contributed by atoms with Crippen LogP contribution in [-0.4, -0.2) is 70.7 Å². The Morgan fingerprint density at radius 3 is 2.23 bits per heavy atom. The second-order valence-electron chi connectivity index (χ2n) is 9.40. The fraction of sp³-hybridized carbons (Fsp3) is 0.290. The van der Waals surface area contributed by atoms with Gasteiger partial charge in [-0.1, -0.05) is 25.1 Å². The van der Waals surface area contributed by atoms with Crippen LogP contribution in [0.2, 0.25) is 0 Å². The number of nitrogens with two attached hydrogens (primary N) is 1.